The number of fused-ring (bicyclic) bond motifs is 1. The maximum Gasteiger partial charge on any atom is 0.339 e. The molecule has 1 aliphatic heterocycles. The molecule has 3 aromatic rings. The van der Waals surface area contributed by atoms with Crippen LogP contribution in [0.4, 0.5) is 5.69 Å². The fourth-order valence-corrected chi connectivity index (χ4v) is 3.94. The van der Waals surface area contributed by atoms with Crippen molar-refractivity contribution >= 4 is 11.7 Å². The molecule has 6 heteroatoms. The summed E-state index contributed by atoms with van der Waals surface area (Å²) in [7, 11) is 1.35. The molecule has 0 saturated carbocycles. The van der Waals surface area contributed by atoms with Crippen LogP contribution in [-0.4, -0.2) is 25.3 Å². The van der Waals surface area contributed by atoms with Crippen LogP contribution >= 0.6 is 0 Å². The van der Waals surface area contributed by atoms with Crippen LogP contribution in [0.5, 0.6) is 17.2 Å². The first-order valence-electron chi connectivity index (χ1n) is 11.4. The fraction of sp³-hybridized carbons (Fsp3) is 0.321. The molecule has 34 heavy (non-hydrogen) atoms. The SMILES string of the molecule is COC(=O)C(OC(C)(C)C)c1ccc(Oc2cc(N)ccc2-c2ccc3c(c2)CCCO3)cc1. The van der Waals surface area contributed by atoms with Gasteiger partial charge in [-0.05, 0) is 86.7 Å². The van der Waals surface area contributed by atoms with Crippen molar-refractivity contribution in [3.8, 4) is 28.4 Å². The molecule has 4 rings (SSSR count). The predicted molar refractivity (Wildman–Crippen MR) is 132 cm³/mol. The summed E-state index contributed by atoms with van der Waals surface area (Å²) in [6, 6.07) is 19.1. The maximum atomic E-state index is 12.3. The molecule has 0 aromatic heterocycles. The van der Waals surface area contributed by atoms with Gasteiger partial charge in [0.2, 0.25) is 0 Å². The first-order chi connectivity index (χ1) is 16.2. The van der Waals surface area contributed by atoms with E-state index in [1.807, 2.05) is 75.4 Å². The molecule has 1 unspecified atom stereocenters. The van der Waals surface area contributed by atoms with Gasteiger partial charge in [0.25, 0.3) is 0 Å². The van der Waals surface area contributed by atoms with Gasteiger partial charge in [0.15, 0.2) is 6.10 Å². The molecule has 6 nitrogen and oxygen atoms in total. The molecule has 0 aliphatic carbocycles. The van der Waals surface area contributed by atoms with Gasteiger partial charge in [-0.1, -0.05) is 18.2 Å². The number of methoxy groups -OCH3 is 1. The standard InChI is InChI=1S/C28H31NO5/c1-28(2,3)34-26(27(30)31-4)18-7-11-22(12-8-18)33-25-17-21(29)10-13-23(25)19-9-14-24-20(16-19)6-5-15-32-24/h7-14,16-17,26H,5-6,15,29H2,1-4H3. The molecule has 0 saturated heterocycles. The third-order valence-corrected chi connectivity index (χ3v) is 5.52. The molecule has 1 atom stereocenters. The van der Waals surface area contributed by atoms with E-state index < -0.39 is 17.7 Å². The first-order valence-corrected chi connectivity index (χ1v) is 11.4. The van der Waals surface area contributed by atoms with Gasteiger partial charge in [-0.2, -0.15) is 0 Å². The number of nitrogen functional groups attached to an aromatic ring is 1. The van der Waals surface area contributed by atoms with Crippen molar-refractivity contribution in [3.63, 3.8) is 0 Å². The molecule has 178 valence electrons. The Morgan fingerprint density at radius 2 is 1.79 bits per heavy atom. The van der Waals surface area contributed by atoms with Crippen molar-refractivity contribution in [2.45, 2.75) is 45.3 Å². The number of rotatable bonds is 6. The minimum Gasteiger partial charge on any atom is -0.493 e. The van der Waals surface area contributed by atoms with Crippen molar-refractivity contribution in [1.82, 2.24) is 0 Å². The Morgan fingerprint density at radius 1 is 1.03 bits per heavy atom. The average Bonchev–Trinajstić information content (AvgIpc) is 2.82. The highest BCUT2D eigenvalue weighted by atomic mass is 16.6. The number of carbonyl (C=O) groups excluding carboxylic acids is 1. The summed E-state index contributed by atoms with van der Waals surface area (Å²) in [5, 5.41) is 0. The van der Waals surface area contributed by atoms with Gasteiger partial charge >= 0.3 is 5.97 Å². The minimum absolute atomic E-state index is 0.446. The molecule has 2 N–H and O–H groups in total. The predicted octanol–water partition coefficient (Wildman–Crippen LogP) is 6.08. The molecule has 0 fully saturated rings. The number of hydrogen-bond donors (Lipinski definition) is 1. The largest absolute Gasteiger partial charge is 0.493 e. The number of carbonyl (C=O) groups is 1. The van der Waals surface area contributed by atoms with Crippen LogP contribution < -0.4 is 15.2 Å². The molecule has 0 spiro atoms. The summed E-state index contributed by atoms with van der Waals surface area (Å²) in [5.41, 5.74) is 10.0. The molecule has 0 radical (unpaired) electrons. The smallest absolute Gasteiger partial charge is 0.339 e. The van der Waals surface area contributed by atoms with Crippen LogP contribution in [0.3, 0.4) is 0 Å². The number of nitrogens with two attached hydrogens (primary N) is 1. The van der Waals surface area contributed by atoms with E-state index in [0.717, 1.165) is 36.3 Å². The fourth-order valence-electron chi connectivity index (χ4n) is 3.94. The van der Waals surface area contributed by atoms with Gasteiger partial charge in [-0.3, -0.25) is 0 Å². The third kappa shape index (κ3) is 5.51. The highest BCUT2D eigenvalue weighted by Gasteiger charge is 2.28. The first kappa shape index (κ1) is 23.6. The summed E-state index contributed by atoms with van der Waals surface area (Å²) in [4.78, 5) is 12.3. The zero-order valence-electron chi connectivity index (χ0n) is 20.1. The Bertz CT molecular complexity index is 1160. The van der Waals surface area contributed by atoms with Gasteiger partial charge in [0.05, 0.1) is 19.3 Å². The molecule has 1 heterocycles. The van der Waals surface area contributed by atoms with E-state index >= 15 is 0 Å². The number of benzene rings is 3. The van der Waals surface area contributed by atoms with Crippen molar-refractivity contribution in [3.05, 3.63) is 71.8 Å². The molecule has 0 amide bonds. The van der Waals surface area contributed by atoms with E-state index in [0.29, 0.717) is 22.7 Å². The van der Waals surface area contributed by atoms with E-state index in [-0.39, 0.29) is 0 Å². The van der Waals surface area contributed by atoms with Gasteiger partial charge < -0.3 is 24.7 Å². The zero-order valence-corrected chi connectivity index (χ0v) is 20.1. The molecular weight excluding hydrogens is 430 g/mol. The summed E-state index contributed by atoms with van der Waals surface area (Å²) in [6.07, 6.45) is 1.19. The van der Waals surface area contributed by atoms with E-state index in [2.05, 4.69) is 6.07 Å². The monoisotopic (exact) mass is 461 g/mol. The highest BCUT2D eigenvalue weighted by Crippen LogP contribution is 2.38. The topological polar surface area (TPSA) is 80.0 Å². The van der Waals surface area contributed by atoms with Crippen molar-refractivity contribution in [2.24, 2.45) is 0 Å². The van der Waals surface area contributed by atoms with Crippen LogP contribution in [-0.2, 0) is 20.7 Å². The summed E-state index contributed by atoms with van der Waals surface area (Å²) >= 11 is 0. The Balaban J connectivity index is 1.61. The lowest BCUT2D eigenvalue weighted by Crippen LogP contribution is -2.28. The number of ether oxygens (including phenoxy) is 4. The van der Waals surface area contributed by atoms with E-state index in [4.69, 9.17) is 24.7 Å². The lowest BCUT2D eigenvalue weighted by atomic mass is 9.98. The van der Waals surface area contributed by atoms with Gasteiger partial charge in [0.1, 0.15) is 17.2 Å². The van der Waals surface area contributed by atoms with Gasteiger partial charge in [-0.15, -0.1) is 0 Å². The molecule has 3 aromatic carbocycles. The summed E-state index contributed by atoms with van der Waals surface area (Å²) < 4.78 is 22.9. The Morgan fingerprint density at radius 3 is 2.50 bits per heavy atom. The third-order valence-electron chi connectivity index (χ3n) is 5.52. The molecule has 1 aliphatic rings. The zero-order chi connectivity index (χ0) is 24.3. The Kier molecular flexibility index (Phi) is 6.80. The number of esters is 1. The number of hydrogen-bond acceptors (Lipinski definition) is 6. The van der Waals surface area contributed by atoms with Crippen LogP contribution in [0.2, 0.25) is 0 Å². The number of anilines is 1. The summed E-state index contributed by atoms with van der Waals surface area (Å²) in [6.45, 7) is 6.45. The van der Waals surface area contributed by atoms with Crippen molar-refractivity contribution in [1.29, 1.82) is 0 Å². The van der Waals surface area contributed by atoms with Gasteiger partial charge in [-0.25, -0.2) is 4.79 Å². The second-order valence-corrected chi connectivity index (χ2v) is 9.33. The second kappa shape index (κ2) is 9.77. The van der Waals surface area contributed by atoms with Crippen LogP contribution in [0, 0.1) is 0 Å². The van der Waals surface area contributed by atoms with Gasteiger partial charge in [0, 0.05) is 17.3 Å². The second-order valence-electron chi connectivity index (χ2n) is 9.33. The maximum absolute atomic E-state index is 12.3. The van der Waals surface area contributed by atoms with Crippen LogP contribution in [0.1, 0.15) is 44.4 Å². The molecular formula is C28H31NO5. The Labute approximate surface area is 200 Å². The van der Waals surface area contributed by atoms with Crippen molar-refractivity contribution in [2.75, 3.05) is 19.5 Å². The molecule has 0 bridgehead atoms. The average molecular weight is 462 g/mol. The van der Waals surface area contributed by atoms with Crippen LogP contribution in [0.25, 0.3) is 11.1 Å². The van der Waals surface area contributed by atoms with E-state index in [1.54, 1.807) is 0 Å². The lowest BCUT2D eigenvalue weighted by molar-refractivity contribution is -0.164. The minimum atomic E-state index is -0.820. The normalized spacial score (nSPS) is 14.0. The number of aryl methyl sites for hydroxylation is 1. The summed E-state index contributed by atoms with van der Waals surface area (Å²) in [5.74, 6) is 1.77. The van der Waals surface area contributed by atoms with E-state index in [1.165, 1.54) is 12.7 Å². The van der Waals surface area contributed by atoms with Crippen molar-refractivity contribution < 1.29 is 23.7 Å². The quantitative estimate of drug-likeness (QED) is 0.354. The highest BCUT2D eigenvalue weighted by molar-refractivity contribution is 5.77. The lowest BCUT2D eigenvalue weighted by Gasteiger charge is -2.26. The van der Waals surface area contributed by atoms with E-state index in [9.17, 15) is 4.79 Å². The van der Waals surface area contributed by atoms with Crippen LogP contribution in [0.15, 0.2) is 60.7 Å². The Hall–Kier alpha value is -3.51.